The Morgan fingerprint density at radius 1 is 1.25 bits per heavy atom. The highest BCUT2D eigenvalue weighted by atomic mass is 32.2. The van der Waals surface area contributed by atoms with Gasteiger partial charge in [0.1, 0.15) is 6.54 Å². The molecule has 2 heterocycles. The van der Waals surface area contributed by atoms with Crippen LogP contribution >= 0.6 is 11.8 Å². The van der Waals surface area contributed by atoms with E-state index in [9.17, 15) is 18.0 Å². The lowest BCUT2D eigenvalue weighted by molar-refractivity contribution is -0.123. The fourth-order valence-electron chi connectivity index (χ4n) is 4.26. The van der Waals surface area contributed by atoms with Gasteiger partial charge in [0.25, 0.3) is 0 Å². The molecule has 2 aliphatic heterocycles. The van der Waals surface area contributed by atoms with Gasteiger partial charge in [0.15, 0.2) is 0 Å². The molecular formula is C22H34N4O4S2. The Kier molecular flexibility index (Phi) is 8.60. The van der Waals surface area contributed by atoms with E-state index in [0.29, 0.717) is 31.4 Å². The van der Waals surface area contributed by atoms with Gasteiger partial charge >= 0.3 is 0 Å². The average Bonchev–Trinajstić information content (AvgIpc) is 2.77. The summed E-state index contributed by atoms with van der Waals surface area (Å²) < 4.78 is 27.3. The number of anilines is 1. The average molecular weight is 483 g/mol. The van der Waals surface area contributed by atoms with Crippen molar-refractivity contribution in [3.05, 3.63) is 18.2 Å². The van der Waals surface area contributed by atoms with E-state index in [1.54, 1.807) is 26.0 Å². The molecule has 0 bridgehead atoms. The van der Waals surface area contributed by atoms with Crippen molar-refractivity contribution in [3.63, 3.8) is 0 Å². The molecule has 1 saturated heterocycles. The normalized spacial score (nSPS) is 19.8. The van der Waals surface area contributed by atoms with Crippen LogP contribution in [0.15, 0.2) is 28.0 Å². The lowest BCUT2D eigenvalue weighted by Gasteiger charge is -2.33. The van der Waals surface area contributed by atoms with Gasteiger partial charge < -0.3 is 10.2 Å². The molecule has 0 aliphatic carbocycles. The Morgan fingerprint density at radius 3 is 2.69 bits per heavy atom. The number of piperidine rings is 1. The molecule has 0 radical (unpaired) electrons. The fraction of sp³-hybridized carbons (Fsp3) is 0.636. The van der Waals surface area contributed by atoms with Crippen LogP contribution in [0.3, 0.4) is 0 Å². The molecule has 8 nitrogen and oxygen atoms in total. The lowest BCUT2D eigenvalue weighted by atomic mass is 10.0. The number of fused-ring (bicyclic) bond motifs is 1. The highest BCUT2D eigenvalue weighted by Gasteiger charge is 2.30. The molecule has 32 heavy (non-hydrogen) atoms. The van der Waals surface area contributed by atoms with Gasteiger partial charge in [0.2, 0.25) is 21.8 Å². The number of carbonyl (C=O) groups is 2. The number of sulfonamides is 1. The number of rotatable bonds is 9. The van der Waals surface area contributed by atoms with Crippen LogP contribution in [0.2, 0.25) is 0 Å². The van der Waals surface area contributed by atoms with Gasteiger partial charge in [-0.05, 0) is 44.5 Å². The van der Waals surface area contributed by atoms with Crippen LogP contribution in [0.5, 0.6) is 0 Å². The van der Waals surface area contributed by atoms with Gasteiger partial charge in [0.05, 0.1) is 16.3 Å². The molecule has 2 aliphatic rings. The number of likely N-dealkylation sites (tertiary alicyclic amines) is 1. The SMILES string of the molecule is CCN(CC)S(=O)(=O)c1ccc2c(c1)N(CC(=O)NCCN1CCCCC1C)C(=O)CS2. The Bertz CT molecular complexity index is 934. The zero-order valence-corrected chi connectivity index (χ0v) is 20.8. The lowest BCUT2D eigenvalue weighted by Crippen LogP contribution is -2.46. The topological polar surface area (TPSA) is 90.0 Å². The van der Waals surface area contributed by atoms with Gasteiger partial charge in [0, 0.05) is 37.1 Å². The van der Waals surface area contributed by atoms with Crippen molar-refractivity contribution in [1.29, 1.82) is 0 Å². The molecule has 0 aromatic heterocycles. The van der Waals surface area contributed by atoms with Crippen molar-refractivity contribution in [2.75, 3.05) is 49.9 Å². The Morgan fingerprint density at radius 2 is 2.00 bits per heavy atom. The zero-order valence-electron chi connectivity index (χ0n) is 19.2. The quantitative estimate of drug-likeness (QED) is 0.580. The van der Waals surface area contributed by atoms with Crippen LogP contribution in [0.25, 0.3) is 0 Å². The minimum absolute atomic E-state index is 0.114. The van der Waals surface area contributed by atoms with Crippen molar-refractivity contribution in [3.8, 4) is 0 Å². The second-order valence-electron chi connectivity index (χ2n) is 8.22. The minimum atomic E-state index is -3.66. The second-order valence-corrected chi connectivity index (χ2v) is 11.2. The molecule has 0 spiro atoms. The third-order valence-corrected chi connectivity index (χ3v) is 9.27. The molecule has 1 aromatic rings. The first kappa shape index (κ1) is 25.0. The van der Waals surface area contributed by atoms with E-state index in [4.69, 9.17) is 0 Å². The molecule has 1 aromatic carbocycles. The van der Waals surface area contributed by atoms with Gasteiger partial charge in [-0.1, -0.05) is 20.3 Å². The van der Waals surface area contributed by atoms with Crippen LogP contribution in [0.1, 0.15) is 40.0 Å². The molecule has 10 heteroatoms. The van der Waals surface area contributed by atoms with Crippen molar-refractivity contribution in [1.82, 2.24) is 14.5 Å². The third-order valence-electron chi connectivity index (χ3n) is 6.18. The number of carbonyl (C=O) groups excluding carboxylic acids is 2. The first-order chi connectivity index (χ1) is 15.3. The van der Waals surface area contributed by atoms with E-state index in [-0.39, 0.29) is 29.0 Å². The number of hydrogen-bond acceptors (Lipinski definition) is 6. The minimum Gasteiger partial charge on any atom is -0.353 e. The Labute approximate surface area is 195 Å². The predicted molar refractivity (Wildman–Crippen MR) is 128 cm³/mol. The van der Waals surface area contributed by atoms with Crippen LogP contribution < -0.4 is 10.2 Å². The van der Waals surface area contributed by atoms with Crippen molar-refractivity contribution in [2.24, 2.45) is 0 Å². The Balaban J connectivity index is 1.70. The van der Waals surface area contributed by atoms with E-state index in [0.717, 1.165) is 18.0 Å². The summed E-state index contributed by atoms with van der Waals surface area (Å²) in [6.07, 6.45) is 3.63. The third kappa shape index (κ3) is 5.65. The van der Waals surface area contributed by atoms with Gasteiger partial charge in [-0.25, -0.2) is 8.42 Å². The summed E-state index contributed by atoms with van der Waals surface area (Å²) in [5, 5.41) is 2.92. The molecule has 1 fully saturated rings. The van der Waals surface area contributed by atoms with E-state index < -0.39 is 10.0 Å². The molecule has 0 saturated carbocycles. The largest absolute Gasteiger partial charge is 0.353 e. The zero-order chi connectivity index (χ0) is 23.3. The van der Waals surface area contributed by atoms with Crippen LogP contribution in [0.4, 0.5) is 5.69 Å². The summed E-state index contributed by atoms with van der Waals surface area (Å²) in [5.74, 6) is -0.203. The van der Waals surface area contributed by atoms with Crippen LogP contribution in [0, 0.1) is 0 Å². The highest BCUT2D eigenvalue weighted by Crippen LogP contribution is 2.37. The predicted octanol–water partition coefficient (Wildman–Crippen LogP) is 2.15. The summed E-state index contributed by atoms with van der Waals surface area (Å²) in [4.78, 5) is 30.0. The maximum Gasteiger partial charge on any atom is 0.243 e. The first-order valence-electron chi connectivity index (χ1n) is 11.4. The van der Waals surface area contributed by atoms with E-state index >= 15 is 0 Å². The Hall–Kier alpha value is -1.62. The highest BCUT2D eigenvalue weighted by molar-refractivity contribution is 8.00. The number of nitrogens with one attached hydrogen (secondary N) is 1. The number of amides is 2. The molecule has 3 rings (SSSR count). The number of hydrogen-bond donors (Lipinski definition) is 1. The van der Waals surface area contributed by atoms with Crippen molar-refractivity contribution >= 4 is 39.3 Å². The van der Waals surface area contributed by atoms with E-state index in [1.165, 1.54) is 46.3 Å². The first-order valence-corrected chi connectivity index (χ1v) is 13.8. The molecule has 1 N–H and O–H groups in total. The fourth-order valence-corrected chi connectivity index (χ4v) is 6.65. The summed E-state index contributed by atoms with van der Waals surface area (Å²) in [7, 11) is -3.66. The van der Waals surface area contributed by atoms with Gasteiger partial charge in [-0.2, -0.15) is 4.31 Å². The molecule has 178 valence electrons. The van der Waals surface area contributed by atoms with Gasteiger partial charge in [-0.3, -0.25) is 14.5 Å². The molecule has 1 atom stereocenters. The second kappa shape index (κ2) is 11.0. The maximum absolute atomic E-state index is 12.9. The summed E-state index contributed by atoms with van der Waals surface area (Å²) >= 11 is 1.37. The van der Waals surface area contributed by atoms with Crippen molar-refractivity contribution < 1.29 is 18.0 Å². The van der Waals surface area contributed by atoms with Crippen molar-refractivity contribution in [2.45, 2.75) is 55.9 Å². The molecule has 2 amide bonds. The monoisotopic (exact) mass is 482 g/mol. The summed E-state index contributed by atoms with van der Waals surface area (Å²) in [5.41, 5.74) is 0.485. The van der Waals surface area contributed by atoms with Crippen LogP contribution in [-0.4, -0.2) is 80.5 Å². The standard InChI is InChI=1S/C22H34N4O4S2/c1-4-25(5-2)32(29,30)18-9-10-20-19(14-18)26(22(28)16-31-20)15-21(27)23-11-13-24-12-7-6-8-17(24)3/h9-10,14,17H,4-8,11-13,15-16H2,1-3H3,(H,23,27). The smallest absolute Gasteiger partial charge is 0.243 e. The molecule has 1 unspecified atom stereocenters. The number of thioether (sulfide) groups is 1. The van der Waals surface area contributed by atoms with Gasteiger partial charge in [-0.15, -0.1) is 11.8 Å². The van der Waals surface area contributed by atoms with E-state index in [2.05, 4.69) is 17.1 Å². The molecular weight excluding hydrogens is 448 g/mol. The summed E-state index contributed by atoms with van der Waals surface area (Å²) in [6, 6.07) is 5.36. The van der Waals surface area contributed by atoms with Crippen LogP contribution in [-0.2, 0) is 19.6 Å². The van der Waals surface area contributed by atoms with E-state index in [1.807, 2.05) is 0 Å². The summed E-state index contributed by atoms with van der Waals surface area (Å²) in [6.45, 7) is 8.79. The number of nitrogens with zero attached hydrogens (tertiary/aromatic N) is 3. The number of benzene rings is 1. The maximum atomic E-state index is 12.9.